The molecule has 0 aliphatic carbocycles. The first-order valence-electron chi connectivity index (χ1n) is 6.53. The lowest BCUT2D eigenvalue weighted by molar-refractivity contribution is -0.00689. The van der Waals surface area contributed by atoms with Crippen molar-refractivity contribution >= 4 is 40.3 Å². The Bertz CT molecular complexity index is 458. The van der Waals surface area contributed by atoms with Crippen molar-refractivity contribution in [2.24, 2.45) is 0 Å². The number of aliphatic hydroxyl groups excluding tert-OH is 1. The first-order valence-corrected chi connectivity index (χ1v) is 8.10. The zero-order valence-electron chi connectivity index (χ0n) is 11.0. The van der Waals surface area contributed by atoms with Crippen LogP contribution in [0.2, 0.25) is 8.67 Å². The van der Waals surface area contributed by atoms with Crippen molar-refractivity contribution in [2.75, 3.05) is 32.8 Å². The smallest absolute Gasteiger partial charge is 0.179 e. The Morgan fingerprint density at radius 3 is 2.70 bits per heavy atom. The predicted octanol–water partition coefficient (Wildman–Crippen LogP) is 2.71. The summed E-state index contributed by atoms with van der Waals surface area (Å²) in [5.41, 5.74) is 0.514. The van der Waals surface area contributed by atoms with E-state index >= 15 is 0 Å². The number of ether oxygens (including phenoxy) is 1. The third kappa shape index (κ3) is 4.41. The van der Waals surface area contributed by atoms with E-state index in [2.05, 4.69) is 4.90 Å². The number of halogens is 2. The Labute approximate surface area is 132 Å². The van der Waals surface area contributed by atoms with Gasteiger partial charge in [-0.2, -0.15) is 0 Å². The van der Waals surface area contributed by atoms with Crippen molar-refractivity contribution in [3.8, 4) is 0 Å². The molecular weight excluding hydrogens is 321 g/mol. The minimum atomic E-state index is 0.00729. The number of piperidine rings is 1. The van der Waals surface area contributed by atoms with Crippen LogP contribution in [0.1, 0.15) is 23.2 Å². The van der Waals surface area contributed by atoms with Crippen LogP contribution in [0.4, 0.5) is 0 Å². The number of hydrogen-bond donors (Lipinski definition) is 1. The highest BCUT2D eigenvalue weighted by Gasteiger charge is 2.23. The molecule has 1 aliphatic heterocycles. The normalized spacial score (nSPS) is 17.6. The average molecular weight is 338 g/mol. The zero-order valence-corrected chi connectivity index (χ0v) is 13.3. The Hall–Kier alpha value is -0.170. The van der Waals surface area contributed by atoms with Gasteiger partial charge in [0.2, 0.25) is 0 Å². The zero-order chi connectivity index (χ0) is 14.5. The van der Waals surface area contributed by atoms with Gasteiger partial charge >= 0.3 is 0 Å². The van der Waals surface area contributed by atoms with Crippen LogP contribution in [0.5, 0.6) is 0 Å². The van der Waals surface area contributed by atoms with Gasteiger partial charge in [-0.3, -0.25) is 9.69 Å². The molecule has 1 aromatic rings. The van der Waals surface area contributed by atoms with Gasteiger partial charge in [0.25, 0.3) is 0 Å². The number of rotatable bonds is 6. The minimum Gasteiger partial charge on any atom is -0.394 e. The molecule has 2 heterocycles. The van der Waals surface area contributed by atoms with Crippen LogP contribution in [0.3, 0.4) is 0 Å². The van der Waals surface area contributed by atoms with Gasteiger partial charge in [0.05, 0.1) is 35.8 Å². The van der Waals surface area contributed by atoms with E-state index in [4.69, 9.17) is 33.0 Å². The first kappa shape index (κ1) is 16.2. The fourth-order valence-corrected chi connectivity index (χ4v) is 3.77. The van der Waals surface area contributed by atoms with Gasteiger partial charge in [-0.05, 0) is 18.9 Å². The van der Waals surface area contributed by atoms with Crippen LogP contribution in [-0.4, -0.2) is 54.7 Å². The lowest BCUT2D eigenvalue weighted by atomic mass is 10.1. The molecule has 0 spiro atoms. The number of carbonyl (C=O) groups excluding carboxylic acids is 1. The molecule has 0 amide bonds. The van der Waals surface area contributed by atoms with E-state index in [-0.39, 0.29) is 18.5 Å². The number of ketones is 1. The maximum absolute atomic E-state index is 12.2. The highest BCUT2D eigenvalue weighted by atomic mass is 35.5. The number of carbonyl (C=O) groups is 1. The van der Waals surface area contributed by atoms with Gasteiger partial charge in [0.15, 0.2) is 5.78 Å². The van der Waals surface area contributed by atoms with Gasteiger partial charge in [-0.15, -0.1) is 11.3 Å². The van der Waals surface area contributed by atoms with E-state index in [1.54, 1.807) is 6.07 Å². The van der Waals surface area contributed by atoms with Crippen LogP contribution in [0.25, 0.3) is 0 Å². The summed E-state index contributed by atoms with van der Waals surface area (Å²) in [6.45, 7) is 2.43. The van der Waals surface area contributed by atoms with Crippen molar-refractivity contribution in [1.29, 1.82) is 0 Å². The van der Waals surface area contributed by atoms with Crippen molar-refractivity contribution in [3.63, 3.8) is 0 Å². The van der Waals surface area contributed by atoms with Crippen molar-refractivity contribution in [2.45, 2.75) is 18.9 Å². The molecule has 0 aromatic carbocycles. The average Bonchev–Trinajstić information content (AvgIpc) is 2.77. The summed E-state index contributed by atoms with van der Waals surface area (Å²) >= 11 is 13.1. The van der Waals surface area contributed by atoms with Crippen molar-refractivity contribution in [1.82, 2.24) is 4.90 Å². The fraction of sp³-hybridized carbons (Fsp3) is 0.615. The number of nitrogens with zero attached hydrogens (tertiary/aromatic N) is 1. The summed E-state index contributed by atoms with van der Waals surface area (Å²) in [6.07, 6.45) is 1.95. The summed E-state index contributed by atoms with van der Waals surface area (Å²) in [5.74, 6) is 0.00729. The van der Waals surface area contributed by atoms with Gasteiger partial charge in [0.1, 0.15) is 4.34 Å². The van der Waals surface area contributed by atoms with E-state index in [0.29, 0.717) is 27.4 Å². The monoisotopic (exact) mass is 337 g/mol. The van der Waals surface area contributed by atoms with Crippen LogP contribution in [0, 0.1) is 0 Å². The molecule has 4 nitrogen and oxygen atoms in total. The Kier molecular flexibility index (Phi) is 6.26. The molecule has 0 radical (unpaired) electrons. The number of likely N-dealkylation sites (tertiary alicyclic amines) is 1. The third-order valence-electron chi connectivity index (χ3n) is 3.30. The molecule has 1 N–H and O–H groups in total. The van der Waals surface area contributed by atoms with Gasteiger partial charge in [0, 0.05) is 13.1 Å². The maximum atomic E-state index is 12.2. The molecule has 1 saturated heterocycles. The molecule has 112 valence electrons. The highest BCUT2D eigenvalue weighted by Crippen LogP contribution is 2.31. The largest absolute Gasteiger partial charge is 0.394 e. The first-order chi connectivity index (χ1) is 9.60. The summed E-state index contributed by atoms with van der Waals surface area (Å²) < 4.78 is 6.49. The lowest BCUT2D eigenvalue weighted by Crippen LogP contribution is -2.40. The van der Waals surface area contributed by atoms with Crippen LogP contribution in [0.15, 0.2) is 6.07 Å². The Morgan fingerprint density at radius 1 is 1.45 bits per heavy atom. The standard InChI is InChI=1S/C13H17Cl2NO3S/c14-12-7-10(13(15)20-12)11(18)8-16-3-1-9(2-4-16)19-6-5-17/h7,9,17H,1-6,8H2. The van der Waals surface area contributed by atoms with E-state index in [9.17, 15) is 4.79 Å². The van der Waals surface area contributed by atoms with E-state index < -0.39 is 0 Å². The quantitative estimate of drug-likeness (QED) is 0.811. The molecule has 0 atom stereocenters. The molecule has 2 rings (SSSR count). The van der Waals surface area contributed by atoms with Crippen LogP contribution < -0.4 is 0 Å². The molecule has 0 bridgehead atoms. The number of Topliss-reactive ketones (excluding diaryl/α,β-unsaturated/α-hetero) is 1. The molecule has 1 aliphatic rings. The minimum absolute atomic E-state index is 0.00729. The number of hydrogen-bond acceptors (Lipinski definition) is 5. The second kappa shape index (κ2) is 7.73. The lowest BCUT2D eigenvalue weighted by Gasteiger charge is -2.31. The van der Waals surface area contributed by atoms with E-state index in [0.717, 1.165) is 25.9 Å². The molecule has 0 unspecified atom stereocenters. The molecule has 1 aromatic heterocycles. The summed E-state index contributed by atoms with van der Waals surface area (Å²) in [6, 6.07) is 1.63. The maximum Gasteiger partial charge on any atom is 0.179 e. The van der Waals surface area contributed by atoms with E-state index in [1.807, 2.05) is 0 Å². The topological polar surface area (TPSA) is 49.8 Å². The number of aliphatic hydroxyl groups is 1. The molecule has 1 fully saturated rings. The van der Waals surface area contributed by atoms with Crippen molar-refractivity contribution < 1.29 is 14.6 Å². The Morgan fingerprint density at radius 2 is 2.15 bits per heavy atom. The van der Waals surface area contributed by atoms with Crippen LogP contribution >= 0.6 is 34.5 Å². The third-order valence-corrected chi connectivity index (χ3v) is 4.79. The summed E-state index contributed by atoms with van der Waals surface area (Å²) in [7, 11) is 0. The predicted molar refractivity (Wildman–Crippen MR) is 81.2 cm³/mol. The summed E-state index contributed by atoms with van der Waals surface area (Å²) in [5, 5.41) is 8.72. The second-order valence-corrected chi connectivity index (χ2v) is 7.02. The SMILES string of the molecule is O=C(CN1CCC(OCCO)CC1)c1cc(Cl)sc1Cl. The second-order valence-electron chi connectivity index (χ2n) is 4.73. The van der Waals surface area contributed by atoms with Crippen molar-refractivity contribution in [3.05, 3.63) is 20.3 Å². The molecule has 0 saturated carbocycles. The van der Waals surface area contributed by atoms with Gasteiger partial charge in [-0.25, -0.2) is 0 Å². The number of thiophene rings is 1. The Balaban J connectivity index is 1.80. The molecular formula is C13H17Cl2NO3S. The summed E-state index contributed by atoms with van der Waals surface area (Å²) in [4.78, 5) is 14.3. The highest BCUT2D eigenvalue weighted by molar-refractivity contribution is 7.20. The van der Waals surface area contributed by atoms with Gasteiger partial charge < -0.3 is 9.84 Å². The van der Waals surface area contributed by atoms with Gasteiger partial charge in [-0.1, -0.05) is 23.2 Å². The molecule has 20 heavy (non-hydrogen) atoms. The fourth-order valence-electron chi connectivity index (χ4n) is 2.27. The van der Waals surface area contributed by atoms with Crippen LogP contribution in [-0.2, 0) is 4.74 Å². The van der Waals surface area contributed by atoms with E-state index in [1.165, 1.54) is 11.3 Å². The molecule has 7 heteroatoms.